The molecular formula is C25H28O3. The standard InChI is InChI=1S/C25H28O3/c1-2-20(25(27)19-11-7-4-8-12-19)23-15-22(26)21(16-28-23)24(18-13-14-18)17-9-5-3-6-10-17/h3-12,15,18,20,24-27H,2,13-14,16H2,1H3/t20-,24-,25+/m1/s1. The summed E-state index contributed by atoms with van der Waals surface area (Å²) >= 11 is 0. The van der Waals surface area contributed by atoms with Gasteiger partial charge in [-0.1, -0.05) is 67.6 Å². The zero-order valence-corrected chi connectivity index (χ0v) is 16.3. The van der Waals surface area contributed by atoms with E-state index in [2.05, 4.69) is 24.3 Å². The first-order chi connectivity index (χ1) is 13.7. The molecule has 2 aromatic carbocycles. The van der Waals surface area contributed by atoms with Crippen molar-refractivity contribution in [2.75, 3.05) is 6.61 Å². The van der Waals surface area contributed by atoms with Gasteiger partial charge < -0.3 is 14.9 Å². The van der Waals surface area contributed by atoms with Gasteiger partial charge in [0.25, 0.3) is 0 Å². The molecule has 0 radical (unpaired) electrons. The Morgan fingerprint density at radius 1 is 0.964 bits per heavy atom. The second-order valence-electron chi connectivity index (χ2n) is 7.84. The molecular weight excluding hydrogens is 348 g/mol. The summed E-state index contributed by atoms with van der Waals surface area (Å²) in [7, 11) is 0. The summed E-state index contributed by atoms with van der Waals surface area (Å²) in [6.07, 6.45) is 4.20. The Labute approximate surface area is 167 Å². The molecule has 3 nitrogen and oxygen atoms in total. The SMILES string of the molecule is CC[C@H](C1=CC(O)=C([C@H](c2ccccc2)C2CC2)CO1)[C@@H](O)c1ccccc1. The van der Waals surface area contributed by atoms with Crippen LogP contribution in [-0.4, -0.2) is 16.8 Å². The van der Waals surface area contributed by atoms with Crippen LogP contribution >= 0.6 is 0 Å². The Bertz CT molecular complexity index is 850. The molecule has 28 heavy (non-hydrogen) atoms. The van der Waals surface area contributed by atoms with E-state index >= 15 is 0 Å². The first-order valence-corrected chi connectivity index (χ1v) is 10.2. The Kier molecular flexibility index (Phi) is 5.54. The van der Waals surface area contributed by atoms with Gasteiger partial charge in [0.1, 0.15) is 18.1 Å². The third kappa shape index (κ3) is 3.85. The normalized spacial score (nSPS) is 20.1. The third-order valence-corrected chi connectivity index (χ3v) is 5.96. The molecule has 1 fully saturated rings. The minimum absolute atomic E-state index is 0.179. The Hall–Kier alpha value is -2.52. The van der Waals surface area contributed by atoms with Crippen LogP contribution in [0.25, 0.3) is 0 Å². The van der Waals surface area contributed by atoms with Crippen LogP contribution in [0.2, 0.25) is 0 Å². The van der Waals surface area contributed by atoms with Crippen molar-refractivity contribution in [1.82, 2.24) is 0 Å². The molecule has 146 valence electrons. The van der Waals surface area contributed by atoms with Crippen LogP contribution in [-0.2, 0) is 4.74 Å². The fourth-order valence-corrected chi connectivity index (χ4v) is 4.28. The first-order valence-electron chi connectivity index (χ1n) is 10.2. The maximum atomic E-state index is 10.9. The number of allylic oxidation sites excluding steroid dienone is 1. The number of aliphatic hydroxyl groups is 2. The van der Waals surface area contributed by atoms with Gasteiger partial charge in [0.2, 0.25) is 0 Å². The fourth-order valence-electron chi connectivity index (χ4n) is 4.28. The Morgan fingerprint density at radius 3 is 2.11 bits per heavy atom. The van der Waals surface area contributed by atoms with Crippen molar-refractivity contribution in [3.8, 4) is 0 Å². The van der Waals surface area contributed by atoms with Crippen molar-refractivity contribution in [3.63, 3.8) is 0 Å². The van der Waals surface area contributed by atoms with E-state index in [1.54, 1.807) is 6.08 Å². The first kappa shape index (κ1) is 18.8. The molecule has 3 atom stereocenters. The zero-order chi connectivity index (χ0) is 19.5. The topological polar surface area (TPSA) is 49.7 Å². The maximum absolute atomic E-state index is 10.9. The van der Waals surface area contributed by atoms with Crippen molar-refractivity contribution in [1.29, 1.82) is 0 Å². The quantitative estimate of drug-likeness (QED) is 0.655. The molecule has 3 heteroatoms. The minimum Gasteiger partial charge on any atom is -0.508 e. The van der Waals surface area contributed by atoms with E-state index in [4.69, 9.17) is 4.74 Å². The van der Waals surface area contributed by atoms with Gasteiger partial charge in [0.05, 0.1) is 6.10 Å². The molecule has 0 bridgehead atoms. The van der Waals surface area contributed by atoms with Gasteiger partial charge in [0, 0.05) is 23.5 Å². The lowest BCUT2D eigenvalue weighted by Gasteiger charge is -2.30. The summed E-state index contributed by atoms with van der Waals surface area (Å²) in [5.41, 5.74) is 3.07. The monoisotopic (exact) mass is 376 g/mol. The van der Waals surface area contributed by atoms with E-state index < -0.39 is 6.10 Å². The smallest absolute Gasteiger partial charge is 0.122 e. The number of hydrogen-bond donors (Lipinski definition) is 2. The highest BCUT2D eigenvalue weighted by Crippen LogP contribution is 2.48. The van der Waals surface area contributed by atoms with Crippen LogP contribution in [0.15, 0.2) is 83.8 Å². The molecule has 0 saturated heterocycles. The van der Waals surface area contributed by atoms with Crippen molar-refractivity contribution < 1.29 is 14.9 Å². The van der Waals surface area contributed by atoms with Crippen molar-refractivity contribution in [2.45, 2.75) is 38.2 Å². The molecule has 1 heterocycles. The summed E-state index contributed by atoms with van der Waals surface area (Å²) in [6.45, 7) is 2.42. The predicted octanol–water partition coefficient (Wildman–Crippen LogP) is 5.67. The second kappa shape index (κ2) is 8.24. The summed E-state index contributed by atoms with van der Waals surface area (Å²) in [6, 6.07) is 20.0. The third-order valence-electron chi connectivity index (χ3n) is 5.96. The van der Waals surface area contributed by atoms with Crippen LogP contribution in [0, 0.1) is 11.8 Å². The largest absolute Gasteiger partial charge is 0.508 e. The molecule has 0 spiro atoms. The van der Waals surface area contributed by atoms with Crippen LogP contribution < -0.4 is 0 Å². The van der Waals surface area contributed by atoms with Crippen molar-refractivity contribution in [2.24, 2.45) is 11.8 Å². The molecule has 4 rings (SSSR count). The average Bonchev–Trinajstić information content (AvgIpc) is 3.57. The van der Waals surface area contributed by atoms with E-state index in [-0.39, 0.29) is 11.8 Å². The highest BCUT2D eigenvalue weighted by atomic mass is 16.5. The molecule has 1 aliphatic heterocycles. The summed E-state index contributed by atoms with van der Waals surface area (Å²) in [4.78, 5) is 0. The van der Waals surface area contributed by atoms with Crippen LogP contribution in [0.1, 0.15) is 49.3 Å². The number of ether oxygens (including phenoxy) is 1. The van der Waals surface area contributed by atoms with E-state index in [9.17, 15) is 10.2 Å². The Balaban J connectivity index is 1.62. The van der Waals surface area contributed by atoms with E-state index in [1.807, 2.05) is 43.3 Å². The van der Waals surface area contributed by atoms with Crippen LogP contribution in [0.3, 0.4) is 0 Å². The van der Waals surface area contributed by atoms with Gasteiger partial charge in [-0.3, -0.25) is 0 Å². The van der Waals surface area contributed by atoms with Crippen LogP contribution in [0.4, 0.5) is 0 Å². The van der Waals surface area contributed by atoms with Crippen molar-refractivity contribution in [3.05, 3.63) is 95.0 Å². The van der Waals surface area contributed by atoms with E-state index in [0.29, 0.717) is 24.0 Å². The molecule has 2 aliphatic rings. The summed E-state index contributed by atoms with van der Waals surface area (Å²) in [5, 5.41) is 21.7. The fraction of sp³-hybridized carbons (Fsp3) is 0.360. The van der Waals surface area contributed by atoms with E-state index in [1.165, 1.54) is 18.4 Å². The summed E-state index contributed by atoms with van der Waals surface area (Å²) in [5.74, 6) is 1.58. The van der Waals surface area contributed by atoms with Gasteiger partial charge in [0.15, 0.2) is 0 Å². The van der Waals surface area contributed by atoms with E-state index in [0.717, 1.165) is 17.6 Å². The molecule has 1 saturated carbocycles. The lowest BCUT2D eigenvalue weighted by Crippen LogP contribution is -2.22. The lowest BCUT2D eigenvalue weighted by atomic mass is 9.84. The lowest BCUT2D eigenvalue weighted by molar-refractivity contribution is 0.0746. The predicted molar refractivity (Wildman–Crippen MR) is 111 cm³/mol. The molecule has 2 N–H and O–H groups in total. The van der Waals surface area contributed by atoms with Gasteiger partial charge >= 0.3 is 0 Å². The zero-order valence-electron chi connectivity index (χ0n) is 16.3. The molecule has 1 aliphatic carbocycles. The average molecular weight is 376 g/mol. The second-order valence-corrected chi connectivity index (χ2v) is 7.84. The van der Waals surface area contributed by atoms with Gasteiger partial charge in [-0.05, 0) is 36.3 Å². The van der Waals surface area contributed by atoms with Gasteiger partial charge in [-0.2, -0.15) is 0 Å². The van der Waals surface area contributed by atoms with Gasteiger partial charge in [-0.25, -0.2) is 0 Å². The maximum Gasteiger partial charge on any atom is 0.122 e. The molecule has 0 unspecified atom stereocenters. The van der Waals surface area contributed by atoms with Crippen LogP contribution in [0.5, 0.6) is 0 Å². The molecule has 0 aromatic heterocycles. The molecule has 2 aromatic rings. The number of rotatable bonds is 7. The van der Waals surface area contributed by atoms with Gasteiger partial charge in [-0.15, -0.1) is 0 Å². The van der Waals surface area contributed by atoms with Crippen molar-refractivity contribution >= 4 is 0 Å². The molecule has 0 amide bonds. The minimum atomic E-state index is -0.653. The summed E-state index contributed by atoms with van der Waals surface area (Å²) < 4.78 is 6.12. The number of benzene rings is 2. The Morgan fingerprint density at radius 2 is 1.57 bits per heavy atom. The number of aliphatic hydroxyl groups excluding tert-OH is 2. The number of hydrogen-bond acceptors (Lipinski definition) is 3. The highest BCUT2D eigenvalue weighted by molar-refractivity contribution is 5.38. The highest BCUT2D eigenvalue weighted by Gasteiger charge is 2.38.